The third kappa shape index (κ3) is 4.55. The molecule has 1 aliphatic heterocycles. The highest BCUT2D eigenvalue weighted by atomic mass is 35.5. The molecule has 1 fully saturated rings. The van der Waals surface area contributed by atoms with Gasteiger partial charge in [0.2, 0.25) is 5.95 Å². The average Bonchev–Trinajstić information content (AvgIpc) is 2.74. The van der Waals surface area contributed by atoms with Gasteiger partial charge in [-0.1, -0.05) is 17.7 Å². The maximum atomic E-state index is 14.1. The lowest BCUT2D eigenvalue weighted by atomic mass is 10.2. The summed E-state index contributed by atoms with van der Waals surface area (Å²) in [6.45, 7) is 4.14. The summed E-state index contributed by atoms with van der Waals surface area (Å²) in [6.07, 6.45) is 1.45. The molecule has 3 aromatic rings. The zero-order chi connectivity index (χ0) is 21.1. The van der Waals surface area contributed by atoms with Crippen molar-refractivity contribution >= 4 is 46.1 Å². The third-order valence-corrected chi connectivity index (χ3v) is 5.30. The van der Waals surface area contributed by atoms with E-state index in [1.54, 1.807) is 6.07 Å². The van der Waals surface area contributed by atoms with Crippen LogP contribution < -0.4 is 21.3 Å². The Morgan fingerprint density at radius 1 is 1.03 bits per heavy atom. The minimum Gasteiger partial charge on any atom is -0.397 e. The molecule has 0 unspecified atom stereocenters. The van der Waals surface area contributed by atoms with E-state index in [1.165, 1.54) is 24.0 Å². The molecule has 1 aliphatic rings. The van der Waals surface area contributed by atoms with Crippen molar-refractivity contribution in [3.63, 3.8) is 0 Å². The zero-order valence-corrected chi connectivity index (χ0v) is 17.3. The molecule has 0 atom stereocenters. The van der Waals surface area contributed by atoms with Crippen LogP contribution in [0.5, 0.6) is 0 Å². The van der Waals surface area contributed by atoms with Crippen LogP contribution in [0, 0.1) is 5.82 Å². The van der Waals surface area contributed by atoms with Crippen molar-refractivity contribution in [2.45, 2.75) is 0 Å². The summed E-state index contributed by atoms with van der Waals surface area (Å²) >= 11 is 6.18. The number of nitrogens with zero attached hydrogens (tertiary/aromatic N) is 4. The standard InChI is InChI=1S/C21H23ClFN7/c1-29-9-11-30(12-10-29)15-7-5-14(6-8-15)26-21-25-13-16(22)20(28-21)27-19-17(23)3-2-4-18(19)24/h2-8,13H,9-12,24H2,1H3,(H2,25,26,27,28). The van der Waals surface area contributed by atoms with Gasteiger partial charge in [-0.2, -0.15) is 4.98 Å². The number of anilines is 6. The van der Waals surface area contributed by atoms with E-state index in [-0.39, 0.29) is 22.2 Å². The highest BCUT2D eigenvalue weighted by molar-refractivity contribution is 6.33. The number of aromatic nitrogens is 2. The van der Waals surface area contributed by atoms with Gasteiger partial charge in [-0.25, -0.2) is 9.37 Å². The molecule has 1 saturated heterocycles. The second-order valence-electron chi connectivity index (χ2n) is 7.18. The van der Waals surface area contributed by atoms with Crippen LogP contribution in [0.2, 0.25) is 5.02 Å². The van der Waals surface area contributed by atoms with Crippen molar-refractivity contribution in [1.82, 2.24) is 14.9 Å². The molecule has 1 aromatic heterocycles. The van der Waals surface area contributed by atoms with E-state index in [2.05, 4.69) is 49.6 Å². The van der Waals surface area contributed by atoms with Gasteiger partial charge in [0.1, 0.15) is 10.8 Å². The first kappa shape index (κ1) is 20.2. The number of halogens is 2. The van der Waals surface area contributed by atoms with E-state index in [4.69, 9.17) is 17.3 Å². The van der Waals surface area contributed by atoms with Crippen molar-refractivity contribution in [1.29, 1.82) is 0 Å². The number of benzene rings is 2. The Hall–Kier alpha value is -3.10. The molecule has 0 bridgehead atoms. The number of para-hydroxylation sites is 1. The van der Waals surface area contributed by atoms with Crippen LogP contribution in [-0.2, 0) is 0 Å². The summed E-state index contributed by atoms with van der Waals surface area (Å²) in [4.78, 5) is 13.3. The van der Waals surface area contributed by atoms with Crippen molar-refractivity contribution < 1.29 is 4.39 Å². The van der Waals surface area contributed by atoms with Gasteiger partial charge < -0.3 is 26.2 Å². The van der Waals surface area contributed by atoms with Crippen LogP contribution in [0.4, 0.5) is 38.9 Å². The van der Waals surface area contributed by atoms with Crippen molar-refractivity contribution in [3.05, 3.63) is 59.5 Å². The Bertz CT molecular complexity index is 1000. The molecule has 9 heteroatoms. The molecule has 0 aliphatic carbocycles. The molecule has 0 amide bonds. The van der Waals surface area contributed by atoms with Crippen molar-refractivity contribution in [2.24, 2.45) is 0 Å². The smallest absolute Gasteiger partial charge is 0.229 e. The number of nitrogens with one attached hydrogen (secondary N) is 2. The van der Waals surface area contributed by atoms with Gasteiger partial charge in [0, 0.05) is 37.6 Å². The number of likely N-dealkylation sites (N-methyl/N-ethyl adjacent to an activating group) is 1. The Balaban J connectivity index is 1.48. The molecular weight excluding hydrogens is 405 g/mol. The quantitative estimate of drug-likeness (QED) is 0.529. The van der Waals surface area contributed by atoms with E-state index < -0.39 is 5.82 Å². The number of hydrogen-bond donors (Lipinski definition) is 3. The van der Waals surface area contributed by atoms with Gasteiger partial charge in [0.15, 0.2) is 5.82 Å². The lowest BCUT2D eigenvalue weighted by molar-refractivity contribution is 0.313. The third-order valence-electron chi connectivity index (χ3n) is 5.03. The van der Waals surface area contributed by atoms with Gasteiger partial charge in [-0.15, -0.1) is 0 Å². The fraction of sp³-hybridized carbons (Fsp3) is 0.238. The molecule has 0 saturated carbocycles. The lowest BCUT2D eigenvalue weighted by Crippen LogP contribution is -2.44. The molecule has 30 heavy (non-hydrogen) atoms. The van der Waals surface area contributed by atoms with Gasteiger partial charge in [0.05, 0.1) is 17.6 Å². The molecule has 2 aromatic carbocycles. The van der Waals surface area contributed by atoms with Crippen LogP contribution in [0.25, 0.3) is 0 Å². The van der Waals surface area contributed by atoms with E-state index in [1.807, 2.05) is 12.1 Å². The van der Waals surface area contributed by atoms with Crippen molar-refractivity contribution in [2.75, 3.05) is 54.5 Å². The Morgan fingerprint density at radius 3 is 2.47 bits per heavy atom. The number of nitrogen functional groups attached to an aromatic ring is 1. The largest absolute Gasteiger partial charge is 0.397 e. The predicted octanol–water partition coefficient (Wildman–Crippen LogP) is 4.09. The fourth-order valence-corrected chi connectivity index (χ4v) is 3.39. The molecule has 4 N–H and O–H groups in total. The summed E-state index contributed by atoms with van der Waals surface area (Å²) in [5.41, 5.74) is 8.26. The first-order valence-electron chi connectivity index (χ1n) is 9.64. The van der Waals surface area contributed by atoms with Crippen LogP contribution in [0.15, 0.2) is 48.7 Å². The summed E-state index contributed by atoms with van der Waals surface area (Å²) in [5, 5.41) is 6.27. The first-order valence-corrected chi connectivity index (χ1v) is 10.0. The molecule has 156 valence electrons. The van der Waals surface area contributed by atoms with Crippen LogP contribution in [0.3, 0.4) is 0 Å². The lowest BCUT2D eigenvalue weighted by Gasteiger charge is -2.34. The predicted molar refractivity (Wildman–Crippen MR) is 121 cm³/mol. The molecular formula is C21H23ClFN7. The summed E-state index contributed by atoms with van der Waals surface area (Å²) in [6, 6.07) is 12.6. The van der Waals surface area contributed by atoms with E-state index >= 15 is 0 Å². The highest BCUT2D eigenvalue weighted by Gasteiger charge is 2.14. The summed E-state index contributed by atoms with van der Waals surface area (Å²) in [5.74, 6) is 0.114. The van der Waals surface area contributed by atoms with Crippen molar-refractivity contribution in [3.8, 4) is 0 Å². The van der Waals surface area contributed by atoms with Crippen LogP contribution >= 0.6 is 11.6 Å². The SMILES string of the molecule is CN1CCN(c2ccc(Nc3ncc(Cl)c(Nc4c(N)cccc4F)n3)cc2)CC1. The van der Waals surface area contributed by atoms with Crippen LogP contribution in [-0.4, -0.2) is 48.1 Å². The summed E-state index contributed by atoms with van der Waals surface area (Å²) in [7, 11) is 2.14. The fourth-order valence-electron chi connectivity index (χ4n) is 3.26. The molecule has 2 heterocycles. The zero-order valence-electron chi connectivity index (χ0n) is 16.6. The molecule has 0 spiro atoms. The maximum Gasteiger partial charge on any atom is 0.229 e. The van der Waals surface area contributed by atoms with E-state index in [9.17, 15) is 4.39 Å². The average molecular weight is 428 g/mol. The van der Waals surface area contributed by atoms with Gasteiger partial charge in [0.25, 0.3) is 0 Å². The Morgan fingerprint density at radius 2 is 1.77 bits per heavy atom. The number of nitrogens with two attached hydrogens (primary N) is 1. The molecule has 7 nitrogen and oxygen atoms in total. The van der Waals surface area contributed by atoms with Gasteiger partial charge >= 0.3 is 0 Å². The second kappa shape index (κ2) is 8.73. The molecule has 4 rings (SSSR count). The second-order valence-corrected chi connectivity index (χ2v) is 7.59. The highest BCUT2D eigenvalue weighted by Crippen LogP contribution is 2.30. The summed E-state index contributed by atoms with van der Waals surface area (Å²) < 4.78 is 14.1. The van der Waals surface area contributed by atoms with Gasteiger partial charge in [-0.05, 0) is 43.4 Å². The minimum absolute atomic E-state index is 0.126. The number of piperazine rings is 1. The maximum absolute atomic E-state index is 14.1. The topological polar surface area (TPSA) is 82.3 Å². The minimum atomic E-state index is -0.487. The number of rotatable bonds is 5. The first-order chi connectivity index (χ1) is 14.5. The monoisotopic (exact) mass is 427 g/mol. The van der Waals surface area contributed by atoms with E-state index in [0.717, 1.165) is 31.9 Å². The van der Waals surface area contributed by atoms with Crippen LogP contribution in [0.1, 0.15) is 0 Å². The molecule has 0 radical (unpaired) electrons. The normalized spacial score (nSPS) is 14.6. The Kier molecular flexibility index (Phi) is 5.87. The van der Waals surface area contributed by atoms with Gasteiger partial charge in [-0.3, -0.25) is 0 Å². The Labute approximate surface area is 179 Å². The van der Waals surface area contributed by atoms with E-state index in [0.29, 0.717) is 5.95 Å². The number of hydrogen-bond acceptors (Lipinski definition) is 7.